The molecule has 24 heavy (non-hydrogen) atoms. The number of nitrogens with one attached hydrogen (secondary N) is 1. The molecule has 0 spiro atoms. The second-order valence-electron chi connectivity index (χ2n) is 7.78. The summed E-state index contributed by atoms with van der Waals surface area (Å²) in [4.78, 5) is 0. The van der Waals surface area contributed by atoms with Crippen molar-refractivity contribution in [1.82, 2.24) is 0 Å². The Morgan fingerprint density at radius 2 is 1.50 bits per heavy atom. The normalized spacial score (nSPS) is 24.5. The van der Waals surface area contributed by atoms with Gasteiger partial charge >= 0.3 is 0 Å². The average Bonchev–Trinajstić information content (AvgIpc) is 2.99. The van der Waals surface area contributed by atoms with E-state index in [4.69, 9.17) is 0 Å². The number of anilines is 1. The summed E-state index contributed by atoms with van der Waals surface area (Å²) in [6.07, 6.45) is 6.00. The average molecular weight is 317 g/mol. The molecule has 0 amide bonds. The van der Waals surface area contributed by atoms with Gasteiger partial charge < -0.3 is 5.32 Å². The van der Waals surface area contributed by atoms with E-state index in [1.165, 1.54) is 51.1 Å². The number of hydrogen-bond acceptors (Lipinski definition) is 1. The zero-order valence-electron chi connectivity index (χ0n) is 15.4. The molecule has 1 heterocycles. The maximum atomic E-state index is 3.95. The first-order valence-electron chi connectivity index (χ1n) is 9.08. The predicted molar refractivity (Wildman–Crippen MR) is 103 cm³/mol. The molecule has 0 fully saturated rings. The van der Waals surface area contributed by atoms with Crippen LogP contribution in [-0.4, -0.2) is 0 Å². The molecule has 0 saturated heterocycles. The fraction of sp³-hybridized carbons (Fsp3) is 0.391. The van der Waals surface area contributed by atoms with Crippen LogP contribution in [0, 0.1) is 40.5 Å². The highest BCUT2D eigenvalue weighted by Crippen LogP contribution is 2.52. The largest absolute Gasteiger partial charge is 0.377 e. The molecule has 2 aromatic rings. The zero-order chi connectivity index (χ0) is 17.0. The molecule has 124 valence electrons. The molecule has 3 atom stereocenters. The summed E-state index contributed by atoms with van der Waals surface area (Å²) in [5.41, 5.74) is 11.4. The minimum atomic E-state index is 0.401. The van der Waals surface area contributed by atoms with Crippen molar-refractivity contribution in [2.75, 3.05) is 5.32 Å². The highest BCUT2D eigenvalue weighted by molar-refractivity contribution is 5.67. The highest BCUT2D eigenvalue weighted by atomic mass is 15.0. The molecule has 1 N–H and O–H groups in total. The predicted octanol–water partition coefficient (Wildman–Crippen LogP) is 6.06. The molecule has 0 radical (unpaired) electrons. The monoisotopic (exact) mass is 317 g/mol. The minimum Gasteiger partial charge on any atom is -0.377 e. The number of rotatable bonds is 1. The Kier molecular flexibility index (Phi) is 3.56. The topological polar surface area (TPSA) is 12.0 Å². The van der Waals surface area contributed by atoms with Crippen molar-refractivity contribution in [2.24, 2.45) is 5.92 Å². The number of hydrogen-bond donors (Lipinski definition) is 1. The Bertz CT molecular complexity index is 820. The molecule has 2 aromatic carbocycles. The quantitative estimate of drug-likeness (QED) is 0.631. The van der Waals surface area contributed by atoms with Gasteiger partial charge in [0.1, 0.15) is 0 Å². The van der Waals surface area contributed by atoms with Crippen molar-refractivity contribution < 1.29 is 0 Å². The zero-order valence-corrected chi connectivity index (χ0v) is 15.4. The molecule has 0 saturated carbocycles. The summed E-state index contributed by atoms with van der Waals surface area (Å²) in [5, 5.41) is 3.95. The van der Waals surface area contributed by atoms with Crippen molar-refractivity contribution in [2.45, 2.75) is 53.0 Å². The smallest absolute Gasteiger partial charge is 0.0559 e. The van der Waals surface area contributed by atoms with Crippen LogP contribution in [0.2, 0.25) is 0 Å². The van der Waals surface area contributed by atoms with Gasteiger partial charge in [0, 0.05) is 11.6 Å². The van der Waals surface area contributed by atoms with Crippen LogP contribution in [-0.2, 0) is 0 Å². The molecular weight excluding hydrogens is 290 g/mol. The summed E-state index contributed by atoms with van der Waals surface area (Å²) in [7, 11) is 0. The van der Waals surface area contributed by atoms with E-state index in [1.807, 2.05) is 0 Å². The second kappa shape index (κ2) is 5.51. The first-order chi connectivity index (χ1) is 11.5. The van der Waals surface area contributed by atoms with E-state index in [1.54, 1.807) is 0 Å². The molecule has 1 nitrogen and oxygen atoms in total. The Morgan fingerprint density at radius 1 is 0.833 bits per heavy atom. The fourth-order valence-corrected chi connectivity index (χ4v) is 5.01. The molecule has 1 aliphatic heterocycles. The minimum absolute atomic E-state index is 0.401. The Balaban J connectivity index is 1.90. The molecule has 2 aliphatic rings. The van der Waals surface area contributed by atoms with Gasteiger partial charge in [0.25, 0.3) is 0 Å². The molecule has 1 heteroatoms. The van der Waals surface area contributed by atoms with Gasteiger partial charge in [-0.1, -0.05) is 42.0 Å². The van der Waals surface area contributed by atoms with Gasteiger partial charge in [-0.3, -0.25) is 0 Å². The van der Waals surface area contributed by atoms with Crippen LogP contribution in [0.15, 0.2) is 36.4 Å². The van der Waals surface area contributed by atoms with E-state index < -0.39 is 0 Å². The van der Waals surface area contributed by atoms with Gasteiger partial charge in [0.2, 0.25) is 0 Å². The molecule has 4 rings (SSSR count). The van der Waals surface area contributed by atoms with Crippen LogP contribution in [0.5, 0.6) is 0 Å². The van der Waals surface area contributed by atoms with E-state index in [0.717, 1.165) is 0 Å². The van der Waals surface area contributed by atoms with E-state index in [-0.39, 0.29) is 0 Å². The van der Waals surface area contributed by atoms with Crippen LogP contribution in [0.25, 0.3) is 0 Å². The standard InChI is InChI=1S/C23H27N/c1-13-11-16(4)20(17(5)12-13)23-19-8-6-7-18(19)21-14(2)9-10-15(3)22(21)24-23/h6-7,9-12,18-19,23-24H,8H2,1-5H3. The van der Waals surface area contributed by atoms with Gasteiger partial charge in [-0.05, 0) is 80.3 Å². The summed E-state index contributed by atoms with van der Waals surface area (Å²) in [5.74, 6) is 1.17. The van der Waals surface area contributed by atoms with E-state index in [2.05, 4.69) is 76.4 Å². The van der Waals surface area contributed by atoms with Gasteiger partial charge in [-0.2, -0.15) is 0 Å². The van der Waals surface area contributed by atoms with Crippen molar-refractivity contribution in [3.05, 3.63) is 75.4 Å². The van der Waals surface area contributed by atoms with Crippen LogP contribution in [0.1, 0.15) is 57.3 Å². The van der Waals surface area contributed by atoms with Crippen molar-refractivity contribution in [3.8, 4) is 0 Å². The van der Waals surface area contributed by atoms with Crippen LogP contribution < -0.4 is 5.32 Å². The van der Waals surface area contributed by atoms with Gasteiger partial charge in [-0.15, -0.1) is 0 Å². The van der Waals surface area contributed by atoms with Crippen LogP contribution >= 0.6 is 0 Å². The van der Waals surface area contributed by atoms with Crippen molar-refractivity contribution in [1.29, 1.82) is 0 Å². The van der Waals surface area contributed by atoms with E-state index in [0.29, 0.717) is 17.9 Å². The number of aryl methyl sites for hydroxylation is 5. The summed E-state index contributed by atoms with van der Waals surface area (Å²) >= 11 is 0. The van der Waals surface area contributed by atoms with Gasteiger partial charge in [0.15, 0.2) is 0 Å². The third kappa shape index (κ3) is 2.22. The lowest BCUT2D eigenvalue weighted by Crippen LogP contribution is -2.31. The van der Waals surface area contributed by atoms with Crippen LogP contribution in [0.4, 0.5) is 5.69 Å². The van der Waals surface area contributed by atoms with E-state index >= 15 is 0 Å². The Labute approximate surface area is 145 Å². The van der Waals surface area contributed by atoms with Gasteiger partial charge in [-0.25, -0.2) is 0 Å². The maximum absolute atomic E-state index is 3.95. The second-order valence-corrected chi connectivity index (χ2v) is 7.78. The molecular formula is C23H27N. The number of benzene rings is 2. The molecule has 0 aromatic heterocycles. The lowest BCUT2D eigenvalue weighted by atomic mass is 9.73. The SMILES string of the molecule is Cc1cc(C)c(C2Nc3c(C)ccc(C)c3C3C=CCC32)c(C)c1. The highest BCUT2D eigenvalue weighted by Gasteiger charge is 2.40. The fourth-order valence-electron chi connectivity index (χ4n) is 5.01. The third-order valence-corrected chi connectivity index (χ3v) is 6.00. The lowest BCUT2D eigenvalue weighted by molar-refractivity contribution is 0.421. The lowest BCUT2D eigenvalue weighted by Gasteiger charge is -2.40. The Morgan fingerprint density at radius 3 is 2.21 bits per heavy atom. The summed E-state index contributed by atoms with van der Waals surface area (Å²) in [6, 6.07) is 9.60. The Hall–Kier alpha value is -2.02. The number of fused-ring (bicyclic) bond motifs is 3. The molecule has 3 unspecified atom stereocenters. The molecule has 1 aliphatic carbocycles. The number of allylic oxidation sites excluding steroid dienone is 2. The first-order valence-corrected chi connectivity index (χ1v) is 9.08. The van der Waals surface area contributed by atoms with Gasteiger partial charge in [0.05, 0.1) is 6.04 Å². The molecule has 0 bridgehead atoms. The third-order valence-electron chi connectivity index (χ3n) is 6.00. The van der Waals surface area contributed by atoms with E-state index in [9.17, 15) is 0 Å². The summed E-state index contributed by atoms with van der Waals surface area (Å²) < 4.78 is 0. The first kappa shape index (κ1) is 15.5. The van der Waals surface area contributed by atoms with Crippen LogP contribution in [0.3, 0.4) is 0 Å². The maximum Gasteiger partial charge on any atom is 0.0559 e. The van der Waals surface area contributed by atoms with Crippen molar-refractivity contribution >= 4 is 5.69 Å². The van der Waals surface area contributed by atoms with Crippen molar-refractivity contribution in [3.63, 3.8) is 0 Å². The summed E-state index contributed by atoms with van der Waals surface area (Å²) in [6.45, 7) is 11.2.